The van der Waals surface area contributed by atoms with Crippen LogP contribution >= 0.6 is 0 Å². The van der Waals surface area contributed by atoms with Crippen molar-refractivity contribution in [1.82, 2.24) is 10.2 Å². The summed E-state index contributed by atoms with van der Waals surface area (Å²) in [6, 6.07) is 0. The second-order valence-electron chi connectivity index (χ2n) is 11.2. The summed E-state index contributed by atoms with van der Waals surface area (Å²) in [5, 5.41) is 3.23. The number of rotatable bonds is 27. The van der Waals surface area contributed by atoms with Gasteiger partial charge in [-0.1, -0.05) is 122 Å². The van der Waals surface area contributed by atoms with Gasteiger partial charge in [-0.25, -0.2) is 0 Å². The average molecular weight is 505 g/mol. The smallest absolute Gasteiger partial charge is 0.221 e. The van der Waals surface area contributed by atoms with Gasteiger partial charge in [0.2, 0.25) is 5.91 Å². The van der Waals surface area contributed by atoms with Crippen molar-refractivity contribution in [1.29, 1.82) is 0 Å². The molecule has 0 aromatic heterocycles. The first-order valence-corrected chi connectivity index (χ1v) is 15.8. The predicted octanol–water partition coefficient (Wildman–Crippen LogP) is 9.62. The lowest BCUT2D eigenvalue weighted by Crippen LogP contribution is -2.31. The molecule has 1 atom stereocenters. The lowest BCUT2D eigenvalue weighted by Gasteiger charge is -2.18. The Bertz CT molecular complexity index is 512. The first kappa shape index (κ1) is 34.9. The van der Waals surface area contributed by atoms with Crippen LogP contribution in [0.15, 0.2) is 24.3 Å². The Hall–Kier alpha value is -1.09. The van der Waals surface area contributed by atoms with Crippen LogP contribution in [0, 0.1) is 5.92 Å². The van der Waals surface area contributed by atoms with Crippen molar-refractivity contribution in [2.75, 3.05) is 27.2 Å². The molecule has 0 saturated heterocycles. The quantitative estimate of drug-likeness (QED) is 0.0891. The highest BCUT2D eigenvalue weighted by atomic mass is 16.1. The molecule has 1 N–H and O–H groups in total. The molecule has 0 aromatic carbocycles. The maximum atomic E-state index is 12.2. The van der Waals surface area contributed by atoms with Gasteiger partial charge in [0.1, 0.15) is 0 Å². The highest BCUT2D eigenvalue weighted by Crippen LogP contribution is 2.19. The first-order chi connectivity index (χ1) is 17.6. The highest BCUT2D eigenvalue weighted by Gasteiger charge is 2.11. The molecule has 1 amide bonds. The topological polar surface area (TPSA) is 32.3 Å². The van der Waals surface area contributed by atoms with E-state index in [4.69, 9.17) is 0 Å². The number of nitrogens with zero attached hydrogens (tertiary/aromatic N) is 1. The number of carbonyl (C=O) groups is 1. The Morgan fingerprint density at radius 3 is 1.69 bits per heavy atom. The fourth-order valence-electron chi connectivity index (χ4n) is 4.65. The number of carbonyl (C=O) groups excluding carboxylic acids is 1. The van der Waals surface area contributed by atoms with Gasteiger partial charge in [0.25, 0.3) is 0 Å². The summed E-state index contributed by atoms with van der Waals surface area (Å²) in [5.74, 6) is 0.874. The number of hydrogen-bond donors (Lipinski definition) is 1. The molecule has 0 saturated carbocycles. The molecule has 0 aliphatic carbocycles. The fourth-order valence-corrected chi connectivity index (χ4v) is 4.65. The van der Waals surface area contributed by atoms with Crippen molar-refractivity contribution in [3.63, 3.8) is 0 Å². The van der Waals surface area contributed by atoms with E-state index in [9.17, 15) is 4.79 Å². The maximum Gasteiger partial charge on any atom is 0.221 e. The van der Waals surface area contributed by atoms with E-state index < -0.39 is 0 Å². The van der Waals surface area contributed by atoms with Crippen LogP contribution in [0.1, 0.15) is 149 Å². The fraction of sp³-hybridized carbons (Fsp3) is 0.848. The zero-order valence-corrected chi connectivity index (χ0v) is 25.0. The number of allylic oxidation sites excluding steroid dienone is 4. The van der Waals surface area contributed by atoms with E-state index in [1.807, 2.05) is 14.1 Å². The molecular formula is C33H64N2O. The molecule has 212 valence electrons. The lowest BCUT2D eigenvalue weighted by molar-refractivity contribution is -0.121. The van der Waals surface area contributed by atoms with E-state index in [-0.39, 0.29) is 5.91 Å². The molecule has 1 unspecified atom stereocenters. The molecular weight excluding hydrogens is 440 g/mol. The second-order valence-corrected chi connectivity index (χ2v) is 11.2. The van der Waals surface area contributed by atoms with Crippen molar-refractivity contribution in [2.24, 2.45) is 5.92 Å². The average Bonchev–Trinajstić information content (AvgIpc) is 2.87. The van der Waals surface area contributed by atoms with Gasteiger partial charge in [-0.05, 0) is 65.0 Å². The van der Waals surface area contributed by atoms with Gasteiger partial charge in [-0.2, -0.15) is 0 Å². The van der Waals surface area contributed by atoms with E-state index in [0.29, 0.717) is 12.3 Å². The van der Waals surface area contributed by atoms with Gasteiger partial charge in [-0.15, -0.1) is 0 Å². The van der Waals surface area contributed by atoms with E-state index in [2.05, 4.69) is 48.4 Å². The van der Waals surface area contributed by atoms with Crippen molar-refractivity contribution in [3.8, 4) is 0 Å². The molecule has 0 rings (SSSR count). The van der Waals surface area contributed by atoms with Crippen LogP contribution in [-0.4, -0.2) is 38.0 Å². The van der Waals surface area contributed by atoms with Crippen LogP contribution in [0.4, 0.5) is 0 Å². The Morgan fingerprint density at radius 2 is 1.14 bits per heavy atom. The van der Waals surface area contributed by atoms with Crippen molar-refractivity contribution in [3.05, 3.63) is 24.3 Å². The van der Waals surface area contributed by atoms with Crippen LogP contribution in [-0.2, 0) is 4.79 Å². The first-order valence-electron chi connectivity index (χ1n) is 15.8. The summed E-state index contributed by atoms with van der Waals surface area (Å²) in [6.45, 7) is 6.25. The van der Waals surface area contributed by atoms with Crippen molar-refractivity contribution in [2.45, 2.75) is 149 Å². The Morgan fingerprint density at radius 1 is 0.667 bits per heavy atom. The molecule has 0 heterocycles. The van der Waals surface area contributed by atoms with E-state index >= 15 is 0 Å². The minimum absolute atomic E-state index is 0.216. The van der Waals surface area contributed by atoms with E-state index in [0.717, 1.165) is 19.5 Å². The third-order valence-electron chi connectivity index (χ3n) is 7.15. The van der Waals surface area contributed by atoms with E-state index in [1.54, 1.807) is 0 Å². The van der Waals surface area contributed by atoms with Gasteiger partial charge in [-0.3, -0.25) is 4.79 Å². The van der Waals surface area contributed by atoms with Crippen LogP contribution < -0.4 is 5.32 Å². The zero-order valence-electron chi connectivity index (χ0n) is 25.0. The summed E-state index contributed by atoms with van der Waals surface area (Å²) in [6.07, 6.45) is 36.3. The summed E-state index contributed by atoms with van der Waals surface area (Å²) in [4.78, 5) is 14.3. The van der Waals surface area contributed by atoms with Crippen molar-refractivity contribution < 1.29 is 4.79 Å². The number of unbranched alkanes of at least 4 members (excludes halogenated alkanes) is 14. The minimum atomic E-state index is 0.216. The second kappa shape index (κ2) is 28.5. The third kappa shape index (κ3) is 27.5. The normalized spacial score (nSPS) is 12.8. The Kier molecular flexibility index (Phi) is 27.6. The Labute approximate surface area is 227 Å². The summed E-state index contributed by atoms with van der Waals surface area (Å²) >= 11 is 0. The molecule has 0 fully saturated rings. The van der Waals surface area contributed by atoms with Gasteiger partial charge < -0.3 is 10.2 Å². The molecule has 0 spiro atoms. The van der Waals surface area contributed by atoms with Gasteiger partial charge in [0, 0.05) is 19.5 Å². The van der Waals surface area contributed by atoms with Gasteiger partial charge >= 0.3 is 0 Å². The number of amides is 1. The number of nitrogens with one attached hydrogen (secondary N) is 1. The van der Waals surface area contributed by atoms with Gasteiger partial charge in [0.15, 0.2) is 0 Å². The van der Waals surface area contributed by atoms with Crippen LogP contribution in [0.2, 0.25) is 0 Å². The van der Waals surface area contributed by atoms with Gasteiger partial charge in [0.05, 0.1) is 0 Å². The zero-order chi connectivity index (χ0) is 26.5. The van der Waals surface area contributed by atoms with Crippen molar-refractivity contribution >= 4 is 5.91 Å². The predicted molar refractivity (Wildman–Crippen MR) is 162 cm³/mol. The van der Waals surface area contributed by atoms with Crippen LogP contribution in [0.5, 0.6) is 0 Å². The standard InChI is InChI=1S/C33H64N2O/c1-5-7-9-11-13-14-15-16-17-18-19-20-21-22-24-26-28-32(27-25-23-12-10-8-6-2)31-34-33(36)29-30-35(3)4/h13-14,16-17,32H,5-12,15,18-31H2,1-4H3,(H,34,36)/b14-13-,17-16-. The molecule has 36 heavy (non-hydrogen) atoms. The molecule has 0 aliphatic heterocycles. The van der Waals surface area contributed by atoms with Crippen LogP contribution in [0.25, 0.3) is 0 Å². The SMILES string of the molecule is CCCCC/C=C\C/C=C\CCCCCCCCC(CCCCCCCC)CNC(=O)CCN(C)C. The molecule has 0 aromatic rings. The third-order valence-corrected chi connectivity index (χ3v) is 7.15. The lowest BCUT2D eigenvalue weighted by atomic mass is 9.94. The minimum Gasteiger partial charge on any atom is -0.356 e. The molecule has 3 nitrogen and oxygen atoms in total. The monoisotopic (exact) mass is 505 g/mol. The van der Waals surface area contributed by atoms with E-state index in [1.165, 1.54) is 122 Å². The summed E-state index contributed by atoms with van der Waals surface area (Å²) in [7, 11) is 4.06. The Balaban J connectivity index is 3.89. The molecule has 0 aliphatic rings. The largest absolute Gasteiger partial charge is 0.356 e. The molecule has 0 radical (unpaired) electrons. The summed E-state index contributed by atoms with van der Waals surface area (Å²) < 4.78 is 0. The van der Waals surface area contributed by atoms with Crippen LogP contribution in [0.3, 0.4) is 0 Å². The summed E-state index contributed by atoms with van der Waals surface area (Å²) in [5.41, 5.74) is 0. The molecule has 3 heteroatoms. The maximum absolute atomic E-state index is 12.2. The number of hydrogen-bond acceptors (Lipinski definition) is 2. The highest BCUT2D eigenvalue weighted by molar-refractivity contribution is 5.76. The molecule has 0 bridgehead atoms.